The van der Waals surface area contributed by atoms with Crippen LogP contribution < -0.4 is 10.2 Å². The molecule has 4 aliphatic heterocycles. The molecule has 2 saturated carbocycles. The van der Waals surface area contributed by atoms with Gasteiger partial charge in [0.2, 0.25) is 0 Å². The first-order valence-corrected chi connectivity index (χ1v) is 21.4. The number of fused-ring (bicyclic) bond motifs is 4. The molecule has 310 valence electrons. The first-order valence-electron chi connectivity index (χ1n) is 20.2. The highest BCUT2D eigenvalue weighted by Crippen LogP contribution is 2.49. The van der Waals surface area contributed by atoms with E-state index in [-0.39, 0.29) is 16.9 Å². The Kier molecular flexibility index (Phi) is 13.2. The number of aliphatic imine (C=N–C) groups is 2. The summed E-state index contributed by atoms with van der Waals surface area (Å²) < 4.78 is 18.3. The number of aryl methyl sites for hydroxylation is 4. The summed E-state index contributed by atoms with van der Waals surface area (Å²) in [5.41, 5.74) is 14.9. The third-order valence-corrected chi connectivity index (χ3v) is 12.5. The number of anilines is 2. The van der Waals surface area contributed by atoms with Crippen LogP contribution in [0.3, 0.4) is 0 Å². The summed E-state index contributed by atoms with van der Waals surface area (Å²) in [7, 11) is 2.64. The van der Waals surface area contributed by atoms with E-state index in [1.54, 1.807) is 4.90 Å². The summed E-state index contributed by atoms with van der Waals surface area (Å²) in [6.45, 7) is 5.88. The van der Waals surface area contributed by atoms with Gasteiger partial charge in [-0.3, -0.25) is 34.8 Å². The number of aromatic nitrogens is 4. The standard InChI is InChI=1S/C22H24N4O2.C20H22N4.C2H3ClO2.FI/c1-14-11-17-16(23-13-14)12-20(25-17)22(8-4-9-22)19-7-6-18-15(24-19)5-3-10-26(18)21(27)28-2;1-13-10-17-16(22-12-13)11-19(24-17)20(7-3-8-20)18-6-5-14-15(23-18)4-2-9-21-14;1-5-2(3)4;1-2/h6-7,11,13H,3-5,8-10,12H2,1-2H3;5-6,10,12,21H,2-4,7-9,11H2,1H3;1H3;. The molecule has 0 bridgehead atoms. The van der Waals surface area contributed by atoms with Gasteiger partial charge in [0.1, 0.15) is 0 Å². The second kappa shape index (κ2) is 18.4. The number of hydrogen-bond donors (Lipinski definition) is 1. The van der Waals surface area contributed by atoms with E-state index >= 15 is 0 Å². The molecule has 2 fully saturated rings. The Labute approximate surface area is 363 Å². The number of pyridine rings is 4. The van der Waals surface area contributed by atoms with Crippen LogP contribution in [0.4, 0.5) is 35.2 Å². The Balaban J connectivity index is 0.000000156. The minimum atomic E-state index is -0.773. The number of amides is 1. The summed E-state index contributed by atoms with van der Waals surface area (Å²) >= 11 is 5.25. The number of methoxy groups -OCH3 is 2. The Morgan fingerprint density at radius 1 is 0.746 bits per heavy atom. The predicted molar refractivity (Wildman–Crippen MR) is 237 cm³/mol. The van der Waals surface area contributed by atoms with Gasteiger partial charge in [0, 0.05) is 61.3 Å². The van der Waals surface area contributed by atoms with Crippen molar-refractivity contribution >= 4 is 80.5 Å². The number of hydrogen-bond acceptors (Lipinski definition) is 11. The van der Waals surface area contributed by atoms with Crippen molar-refractivity contribution in [3.63, 3.8) is 0 Å². The van der Waals surface area contributed by atoms with Gasteiger partial charge in [-0.25, -0.2) is 9.59 Å². The third-order valence-electron chi connectivity index (χ3n) is 12.3. The van der Waals surface area contributed by atoms with Crippen molar-refractivity contribution in [1.29, 1.82) is 0 Å². The van der Waals surface area contributed by atoms with Gasteiger partial charge in [0.05, 0.1) is 82.0 Å². The van der Waals surface area contributed by atoms with Crippen molar-refractivity contribution in [2.45, 2.75) is 102 Å². The molecule has 0 atom stereocenters. The lowest BCUT2D eigenvalue weighted by Crippen LogP contribution is -2.44. The van der Waals surface area contributed by atoms with Crippen LogP contribution >= 0.6 is 34.8 Å². The van der Waals surface area contributed by atoms with E-state index in [9.17, 15) is 12.4 Å². The van der Waals surface area contributed by atoms with Crippen LogP contribution in [-0.4, -0.2) is 70.2 Å². The van der Waals surface area contributed by atoms with Gasteiger partial charge in [-0.1, -0.05) is 12.8 Å². The Morgan fingerprint density at radius 3 is 1.78 bits per heavy atom. The van der Waals surface area contributed by atoms with Gasteiger partial charge in [-0.2, -0.15) is 2.86 Å². The Morgan fingerprint density at radius 2 is 1.27 bits per heavy atom. The molecule has 10 rings (SSSR count). The Bertz CT molecular complexity index is 2300. The SMILES string of the molecule is COC(=O)Cl.COC(=O)N1CCCc2nc(C3(C4=Nc5cc(C)cnc5C4)CCC3)ccc21.Cc1cnc2c(c1)N=C(C1(c3ccc4c(n3)CCCN4)CCC1)C2.FI. The molecule has 4 aromatic heterocycles. The van der Waals surface area contributed by atoms with Crippen LogP contribution in [0.1, 0.15) is 96.7 Å². The number of rotatable bonds is 4. The molecule has 0 aromatic carbocycles. The molecule has 1 amide bonds. The highest BCUT2D eigenvalue weighted by Gasteiger charge is 2.48. The number of carbonyl (C=O) groups is 2. The van der Waals surface area contributed by atoms with Gasteiger partial charge in [-0.15, -0.1) is 0 Å². The summed E-state index contributed by atoms with van der Waals surface area (Å²) in [4.78, 5) is 52.4. The van der Waals surface area contributed by atoms with Crippen molar-refractivity contribution in [3.8, 4) is 0 Å². The summed E-state index contributed by atoms with van der Waals surface area (Å²) in [5.74, 6) is 0. The van der Waals surface area contributed by atoms with Crippen LogP contribution in [0, 0.1) is 13.8 Å². The van der Waals surface area contributed by atoms with Crippen molar-refractivity contribution < 1.29 is 21.9 Å². The van der Waals surface area contributed by atoms with E-state index in [2.05, 4.69) is 75.8 Å². The second-order valence-electron chi connectivity index (χ2n) is 15.8. The smallest absolute Gasteiger partial charge is 0.414 e. The fourth-order valence-corrected chi connectivity index (χ4v) is 8.93. The lowest BCUT2D eigenvalue weighted by molar-refractivity contribution is 0.178. The van der Waals surface area contributed by atoms with Gasteiger partial charge in [0.25, 0.3) is 0 Å². The maximum atomic E-state index is 12.1. The van der Waals surface area contributed by atoms with E-state index in [4.69, 9.17) is 24.7 Å². The van der Waals surface area contributed by atoms with Gasteiger partial charge >= 0.3 is 11.5 Å². The van der Waals surface area contributed by atoms with E-state index in [1.165, 1.54) is 67.5 Å². The average molecular weight is 935 g/mol. The van der Waals surface area contributed by atoms with Gasteiger partial charge < -0.3 is 14.8 Å². The lowest BCUT2D eigenvalue weighted by atomic mass is 9.62. The average Bonchev–Trinajstić information content (AvgIpc) is 3.84. The second-order valence-corrected chi connectivity index (χ2v) is 16.2. The molecule has 6 aliphatic rings. The highest BCUT2D eigenvalue weighted by atomic mass is 127. The fourth-order valence-electron chi connectivity index (χ4n) is 8.93. The van der Waals surface area contributed by atoms with E-state index in [0.717, 1.165) is 110 Å². The van der Waals surface area contributed by atoms with E-state index in [0.29, 0.717) is 29.7 Å². The van der Waals surface area contributed by atoms with Crippen LogP contribution in [0.5, 0.6) is 0 Å². The minimum absolute atomic E-state index is 0.0427. The molecule has 8 heterocycles. The number of nitrogens with zero attached hydrogens (tertiary/aromatic N) is 7. The van der Waals surface area contributed by atoms with Crippen LogP contribution in [0.25, 0.3) is 0 Å². The van der Waals surface area contributed by atoms with E-state index < -0.39 is 5.43 Å². The van der Waals surface area contributed by atoms with Crippen molar-refractivity contribution in [1.82, 2.24) is 19.9 Å². The Hall–Kier alpha value is -4.57. The highest BCUT2D eigenvalue weighted by molar-refractivity contribution is 14.1. The molecule has 59 heavy (non-hydrogen) atoms. The first kappa shape index (κ1) is 42.6. The molecule has 0 spiro atoms. The van der Waals surface area contributed by atoms with Gasteiger partial charge in [0.15, 0.2) is 23.2 Å². The zero-order valence-corrected chi connectivity index (χ0v) is 36.8. The van der Waals surface area contributed by atoms with Gasteiger partial charge in [-0.05, 0) is 113 Å². The van der Waals surface area contributed by atoms with Crippen molar-refractivity contribution in [3.05, 3.63) is 94.1 Å². The normalized spacial score (nSPS) is 18.2. The summed E-state index contributed by atoms with van der Waals surface area (Å²) in [6.07, 6.45) is 16.2. The molecular weight excluding hydrogens is 886 g/mol. The van der Waals surface area contributed by atoms with Crippen LogP contribution in [0.2, 0.25) is 0 Å². The quantitative estimate of drug-likeness (QED) is 0.156. The lowest BCUT2D eigenvalue weighted by Gasteiger charge is -2.42. The van der Waals surface area contributed by atoms with Crippen molar-refractivity contribution in [2.24, 2.45) is 9.98 Å². The molecule has 4 aromatic rings. The van der Waals surface area contributed by atoms with Crippen LogP contribution in [0.15, 0.2) is 58.8 Å². The monoisotopic (exact) mass is 934 g/mol. The van der Waals surface area contributed by atoms with E-state index in [1.807, 2.05) is 18.5 Å². The third kappa shape index (κ3) is 8.57. The maximum Gasteiger partial charge on any atom is 0.414 e. The molecule has 2 aliphatic carbocycles. The molecule has 12 nitrogen and oxygen atoms in total. The molecule has 0 radical (unpaired) electrons. The maximum absolute atomic E-state index is 12.1. The molecule has 0 unspecified atom stereocenters. The van der Waals surface area contributed by atoms with Crippen molar-refractivity contribution in [2.75, 3.05) is 37.5 Å². The molecule has 0 saturated heterocycles. The number of carbonyl (C=O) groups excluding carboxylic acids is 2. The molecule has 1 N–H and O–H groups in total. The predicted octanol–water partition coefficient (Wildman–Crippen LogP) is 10.2. The topological polar surface area (TPSA) is 144 Å². The molecule has 15 heteroatoms. The fraction of sp³-hybridized carbons (Fsp3) is 0.455. The zero-order chi connectivity index (χ0) is 41.7. The summed E-state index contributed by atoms with van der Waals surface area (Å²) in [6, 6.07) is 12.9. The largest absolute Gasteiger partial charge is 0.457 e. The summed E-state index contributed by atoms with van der Waals surface area (Å²) in [5, 5.41) is 3.46. The molecular formula is C44H49ClFIN8O4. The first-order chi connectivity index (χ1) is 28.6. The van der Waals surface area contributed by atoms with Crippen LogP contribution in [-0.2, 0) is 46.0 Å². The zero-order valence-electron chi connectivity index (χ0n) is 33.9. The number of halogens is 3. The minimum Gasteiger partial charge on any atom is -0.457 e. The number of nitrogens with one attached hydrogen (secondary N) is 1. The number of ether oxygens (including phenoxy) is 2.